The molecule has 436 valence electrons. The summed E-state index contributed by atoms with van der Waals surface area (Å²) in [6.07, 6.45) is 0. The van der Waals surface area contributed by atoms with E-state index in [4.69, 9.17) is 29.9 Å². The smallest absolute Gasteiger partial charge is 0.238 e. The number of hydrogen-bond donors (Lipinski definition) is 0. The molecule has 0 unspecified atom stereocenters. The second kappa shape index (κ2) is 21.5. The van der Waals surface area contributed by atoms with E-state index in [0.717, 1.165) is 44.5 Å². The van der Waals surface area contributed by atoms with Crippen LogP contribution in [0.1, 0.15) is 49.9 Å². The lowest BCUT2D eigenvalue weighted by Crippen LogP contribution is -2.15. The Morgan fingerprint density at radius 2 is 0.609 bits per heavy atom. The summed E-state index contributed by atoms with van der Waals surface area (Å²) in [5.41, 5.74) is 23.2. The largest absolute Gasteiger partial charge is 0.309 e. The Morgan fingerprint density at radius 1 is 0.228 bits per heavy atom. The van der Waals surface area contributed by atoms with Crippen molar-refractivity contribution in [3.05, 3.63) is 313 Å². The summed E-state index contributed by atoms with van der Waals surface area (Å²) in [7, 11) is 0. The minimum Gasteiger partial charge on any atom is -0.309 e. The number of fused-ring (bicyclic) bond motifs is 12. The average Bonchev–Trinajstić information content (AvgIpc) is 1.56. The van der Waals surface area contributed by atoms with Crippen LogP contribution < -0.4 is 0 Å². The third kappa shape index (κ3) is 8.97. The lowest BCUT2D eigenvalue weighted by molar-refractivity contribution is 0.661. The van der Waals surface area contributed by atoms with Crippen LogP contribution in [0.25, 0.3) is 146 Å². The fourth-order valence-electron chi connectivity index (χ4n) is 14.3. The number of rotatable bonds is 8. The van der Waals surface area contributed by atoms with E-state index in [1.807, 2.05) is 97.1 Å². The standard InChI is InChI=1S/2C42H30N4/c1-42(2)35-21-13-12-20-31(35)32-25-34-33-24-30(27-14-6-3-7-15-27)22-23-37(33)46(38(34)26-36(32)42)41-44-39(28-16-8-4-9-17-28)43-40(45-41)29-18-10-5-11-19-29;1-42(2)35-22-11-9-20-31(35)33-25-34-32-21-10-12-23-37(32)46(38(34)26-36(33)42)30-19-13-18-29(24-30)41-44-39(27-14-5-3-6-15-27)43-40(45-41)28-16-7-4-8-17-28/h2*3-26H,1-2H3. The third-order valence-electron chi connectivity index (χ3n) is 18.9. The first-order valence-electron chi connectivity index (χ1n) is 31.4. The third-order valence-corrected chi connectivity index (χ3v) is 18.9. The van der Waals surface area contributed by atoms with Crippen LogP contribution in [0, 0.1) is 0 Å². The lowest BCUT2D eigenvalue weighted by Gasteiger charge is -2.21. The van der Waals surface area contributed by atoms with Crippen molar-refractivity contribution in [2.75, 3.05) is 0 Å². The first-order valence-corrected chi connectivity index (χ1v) is 31.4. The highest BCUT2D eigenvalue weighted by atomic mass is 15.2. The highest BCUT2D eigenvalue weighted by molar-refractivity contribution is 6.13. The van der Waals surface area contributed by atoms with E-state index in [-0.39, 0.29) is 10.8 Å². The highest BCUT2D eigenvalue weighted by Gasteiger charge is 2.38. The maximum Gasteiger partial charge on any atom is 0.238 e. The van der Waals surface area contributed by atoms with Crippen LogP contribution in [-0.2, 0) is 10.8 Å². The van der Waals surface area contributed by atoms with Crippen LogP contribution in [-0.4, -0.2) is 39.0 Å². The molecule has 16 aromatic rings. The quantitative estimate of drug-likeness (QED) is 0.151. The first kappa shape index (κ1) is 54.4. The molecule has 0 aliphatic heterocycles. The predicted octanol–water partition coefficient (Wildman–Crippen LogP) is 20.6. The van der Waals surface area contributed by atoms with Crippen molar-refractivity contribution < 1.29 is 0 Å². The molecule has 2 aliphatic carbocycles. The molecule has 92 heavy (non-hydrogen) atoms. The van der Waals surface area contributed by atoms with Gasteiger partial charge in [-0.05, 0) is 110 Å². The molecule has 8 nitrogen and oxygen atoms in total. The minimum atomic E-state index is -0.139. The van der Waals surface area contributed by atoms with E-state index in [0.29, 0.717) is 35.1 Å². The van der Waals surface area contributed by atoms with Crippen LogP contribution in [0.4, 0.5) is 0 Å². The monoisotopic (exact) mass is 1180 g/mol. The van der Waals surface area contributed by atoms with Gasteiger partial charge in [0.15, 0.2) is 29.1 Å². The van der Waals surface area contributed by atoms with Crippen LogP contribution >= 0.6 is 0 Å². The van der Waals surface area contributed by atoms with Crippen molar-refractivity contribution >= 4 is 43.6 Å². The molecule has 0 radical (unpaired) electrons. The zero-order valence-corrected chi connectivity index (χ0v) is 51.3. The normalized spacial score (nSPS) is 13.2. The van der Waals surface area contributed by atoms with Crippen LogP contribution in [0.2, 0.25) is 0 Å². The molecule has 0 spiro atoms. The number of benzene rings is 12. The molecular formula is C84H60N8. The molecule has 0 fully saturated rings. The van der Waals surface area contributed by atoms with Crippen molar-refractivity contribution in [2.45, 2.75) is 38.5 Å². The van der Waals surface area contributed by atoms with Crippen LogP contribution in [0.15, 0.2) is 291 Å². The maximum atomic E-state index is 5.16. The van der Waals surface area contributed by atoms with Gasteiger partial charge in [-0.2, -0.15) is 9.97 Å². The van der Waals surface area contributed by atoms with Gasteiger partial charge in [-0.15, -0.1) is 0 Å². The summed E-state index contributed by atoms with van der Waals surface area (Å²) < 4.78 is 4.63. The molecule has 0 bridgehead atoms. The summed E-state index contributed by atoms with van der Waals surface area (Å²) >= 11 is 0. The molecule has 2 aliphatic rings. The van der Waals surface area contributed by atoms with Crippen molar-refractivity contribution in [3.63, 3.8) is 0 Å². The number of nitrogens with zero attached hydrogens (tertiary/aromatic N) is 8. The van der Waals surface area contributed by atoms with Gasteiger partial charge in [-0.3, -0.25) is 4.57 Å². The summed E-state index contributed by atoms with van der Waals surface area (Å²) in [5.74, 6) is 3.86. The van der Waals surface area contributed by atoms with Crippen molar-refractivity contribution in [1.29, 1.82) is 0 Å². The Bertz CT molecular complexity index is 5440. The second-order valence-electron chi connectivity index (χ2n) is 25.1. The zero-order chi connectivity index (χ0) is 61.7. The highest BCUT2D eigenvalue weighted by Crippen LogP contribution is 2.53. The van der Waals surface area contributed by atoms with Gasteiger partial charge < -0.3 is 4.57 Å². The summed E-state index contributed by atoms with van der Waals surface area (Å²) in [4.78, 5) is 30.2. The van der Waals surface area contributed by atoms with E-state index in [1.54, 1.807) is 0 Å². The Morgan fingerprint density at radius 3 is 1.12 bits per heavy atom. The van der Waals surface area contributed by atoms with Gasteiger partial charge in [0.25, 0.3) is 0 Å². The van der Waals surface area contributed by atoms with E-state index < -0.39 is 0 Å². The molecule has 0 N–H and O–H groups in total. The average molecular weight is 1180 g/mol. The van der Waals surface area contributed by atoms with E-state index in [1.165, 1.54) is 88.2 Å². The molecule has 12 aromatic carbocycles. The number of para-hydroxylation sites is 1. The van der Waals surface area contributed by atoms with Crippen molar-refractivity contribution in [3.8, 4) is 102 Å². The van der Waals surface area contributed by atoms with Crippen LogP contribution in [0.3, 0.4) is 0 Å². The van der Waals surface area contributed by atoms with Gasteiger partial charge in [0.2, 0.25) is 5.95 Å². The fraction of sp³-hybridized carbons (Fsp3) is 0.0714. The van der Waals surface area contributed by atoms with Gasteiger partial charge >= 0.3 is 0 Å². The fourth-order valence-corrected chi connectivity index (χ4v) is 14.3. The van der Waals surface area contributed by atoms with Gasteiger partial charge in [0.05, 0.1) is 22.1 Å². The van der Waals surface area contributed by atoms with Crippen LogP contribution in [0.5, 0.6) is 0 Å². The molecule has 0 atom stereocenters. The molecule has 4 heterocycles. The second-order valence-corrected chi connectivity index (χ2v) is 25.1. The summed E-state index contributed by atoms with van der Waals surface area (Å²) in [5, 5.41) is 4.85. The predicted molar refractivity (Wildman–Crippen MR) is 376 cm³/mol. The van der Waals surface area contributed by atoms with E-state index in [2.05, 4.69) is 231 Å². The van der Waals surface area contributed by atoms with E-state index >= 15 is 0 Å². The minimum absolute atomic E-state index is 0.0875. The SMILES string of the molecule is CC1(C)c2ccccc2-c2cc3c4cc(-c5ccccc5)ccc4n(-c4nc(-c5ccccc5)nc(-c5ccccc5)n4)c3cc21.CC1(C)c2ccccc2-c2cc3c4ccccc4n(-c4cccc(-c5nc(-c6ccccc6)nc(-c6ccccc6)n5)c4)c3cc21. The summed E-state index contributed by atoms with van der Waals surface area (Å²) in [6, 6.07) is 102. The molecule has 8 heteroatoms. The summed E-state index contributed by atoms with van der Waals surface area (Å²) in [6.45, 7) is 9.33. The van der Waals surface area contributed by atoms with Gasteiger partial charge in [-0.25, -0.2) is 19.9 Å². The van der Waals surface area contributed by atoms with Crippen molar-refractivity contribution in [2.24, 2.45) is 0 Å². The molecule has 0 saturated carbocycles. The molecule has 0 saturated heterocycles. The number of aromatic nitrogens is 8. The molecule has 18 rings (SSSR count). The Hall–Kier alpha value is -11.7. The topological polar surface area (TPSA) is 87.2 Å². The van der Waals surface area contributed by atoms with Gasteiger partial charge in [0, 0.05) is 65.9 Å². The maximum absolute atomic E-state index is 5.16. The molecule has 0 amide bonds. The Kier molecular flexibility index (Phi) is 12.7. The van der Waals surface area contributed by atoms with E-state index in [9.17, 15) is 0 Å². The molecule has 4 aromatic heterocycles. The lowest BCUT2D eigenvalue weighted by atomic mass is 9.82. The molecular weight excluding hydrogens is 1120 g/mol. The Labute approximate surface area is 533 Å². The zero-order valence-electron chi connectivity index (χ0n) is 51.3. The van der Waals surface area contributed by atoms with Gasteiger partial charge in [-0.1, -0.05) is 264 Å². The Balaban J connectivity index is 0.000000141. The first-order chi connectivity index (χ1) is 45.1. The van der Waals surface area contributed by atoms with Gasteiger partial charge in [0.1, 0.15) is 0 Å². The van der Waals surface area contributed by atoms with Crippen molar-refractivity contribution in [1.82, 2.24) is 39.0 Å². The number of hydrogen-bond acceptors (Lipinski definition) is 6.